The van der Waals surface area contributed by atoms with Gasteiger partial charge in [0, 0.05) is 12.1 Å². The maximum Gasteiger partial charge on any atom is 0.338 e. The van der Waals surface area contributed by atoms with Crippen LogP contribution in [-0.2, 0) is 9.53 Å². The fourth-order valence-corrected chi connectivity index (χ4v) is 4.56. The first-order valence-corrected chi connectivity index (χ1v) is 10.9. The molecule has 0 unspecified atom stereocenters. The molecule has 1 aromatic rings. The Balaban J connectivity index is 1.59. The van der Waals surface area contributed by atoms with Crippen LogP contribution in [0.15, 0.2) is 24.3 Å². The van der Waals surface area contributed by atoms with Crippen LogP contribution >= 0.6 is 0 Å². The number of carbonyl (C=O) groups excluding carboxylic acids is 2. The molecule has 0 aliphatic heterocycles. The van der Waals surface area contributed by atoms with Crippen LogP contribution in [0.2, 0.25) is 0 Å². The number of benzene rings is 1. The zero-order chi connectivity index (χ0) is 19.8. The number of nitrogens with zero attached hydrogens (tertiary/aromatic N) is 1. The predicted molar refractivity (Wildman–Crippen MR) is 108 cm³/mol. The molecule has 2 aliphatic rings. The van der Waals surface area contributed by atoms with E-state index in [0.29, 0.717) is 24.3 Å². The summed E-state index contributed by atoms with van der Waals surface area (Å²) in [5, 5.41) is 0. The zero-order valence-corrected chi connectivity index (χ0v) is 17.0. The molecule has 0 N–H and O–H groups in total. The van der Waals surface area contributed by atoms with E-state index in [9.17, 15) is 9.59 Å². The van der Waals surface area contributed by atoms with Crippen molar-refractivity contribution in [3.05, 3.63) is 29.8 Å². The second-order valence-corrected chi connectivity index (χ2v) is 7.92. The number of carbonyl (C=O) groups is 2. The highest BCUT2D eigenvalue weighted by Crippen LogP contribution is 2.30. The Labute approximate surface area is 168 Å². The van der Waals surface area contributed by atoms with Crippen molar-refractivity contribution in [1.29, 1.82) is 0 Å². The molecule has 2 saturated carbocycles. The van der Waals surface area contributed by atoms with E-state index < -0.39 is 5.97 Å². The van der Waals surface area contributed by atoms with Crippen molar-refractivity contribution in [2.24, 2.45) is 0 Å². The van der Waals surface area contributed by atoms with E-state index >= 15 is 0 Å². The quantitative estimate of drug-likeness (QED) is 0.634. The molecule has 3 rings (SSSR count). The molecule has 0 saturated heterocycles. The largest absolute Gasteiger partial charge is 0.494 e. The molecule has 0 radical (unpaired) electrons. The molecule has 0 aromatic heterocycles. The molecule has 154 valence electrons. The van der Waals surface area contributed by atoms with Gasteiger partial charge in [-0.2, -0.15) is 0 Å². The Hall–Kier alpha value is -2.04. The van der Waals surface area contributed by atoms with E-state index in [1.807, 2.05) is 6.92 Å². The van der Waals surface area contributed by atoms with Gasteiger partial charge in [-0.05, 0) is 56.9 Å². The maximum absolute atomic E-state index is 13.0. The fourth-order valence-electron chi connectivity index (χ4n) is 4.56. The minimum Gasteiger partial charge on any atom is -0.494 e. The molecule has 2 aliphatic carbocycles. The summed E-state index contributed by atoms with van der Waals surface area (Å²) in [6, 6.07) is 7.48. The van der Waals surface area contributed by atoms with Crippen molar-refractivity contribution >= 4 is 11.9 Å². The van der Waals surface area contributed by atoms with Crippen molar-refractivity contribution in [2.45, 2.75) is 83.2 Å². The first kappa shape index (κ1) is 20.7. The molecule has 1 aromatic carbocycles. The van der Waals surface area contributed by atoms with Gasteiger partial charge in [0.05, 0.1) is 12.2 Å². The lowest BCUT2D eigenvalue weighted by Gasteiger charge is -2.41. The summed E-state index contributed by atoms with van der Waals surface area (Å²) in [5.41, 5.74) is 0.443. The molecule has 28 heavy (non-hydrogen) atoms. The summed E-state index contributed by atoms with van der Waals surface area (Å²) in [7, 11) is 0. The fraction of sp³-hybridized carbons (Fsp3) is 0.652. The van der Waals surface area contributed by atoms with E-state index in [-0.39, 0.29) is 12.5 Å². The summed E-state index contributed by atoms with van der Waals surface area (Å²) in [4.78, 5) is 27.5. The number of hydrogen-bond acceptors (Lipinski definition) is 4. The van der Waals surface area contributed by atoms with Crippen LogP contribution in [-0.4, -0.2) is 42.1 Å². The van der Waals surface area contributed by atoms with Gasteiger partial charge in [-0.15, -0.1) is 0 Å². The van der Waals surface area contributed by atoms with Crippen molar-refractivity contribution in [3.8, 4) is 5.75 Å². The van der Waals surface area contributed by atoms with Crippen LogP contribution in [0.3, 0.4) is 0 Å². The maximum atomic E-state index is 13.0. The smallest absolute Gasteiger partial charge is 0.338 e. The summed E-state index contributed by atoms with van der Waals surface area (Å²) in [6.07, 6.45) is 11.6. The molecule has 0 heterocycles. The second-order valence-electron chi connectivity index (χ2n) is 7.92. The lowest BCUT2D eigenvalue weighted by molar-refractivity contribution is -0.141. The van der Waals surface area contributed by atoms with E-state index in [1.54, 1.807) is 24.3 Å². The van der Waals surface area contributed by atoms with Crippen LogP contribution in [0.1, 0.15) is 81.5 Å². The van der Waals surface area contributed by atoms with Crippen LogP contribution in [0, 0.1) is 0 Å². The van der Waals surface area contributed by atoms with Gasteiger partial charge in [0.2, 0.25) is 0 Å². The van der Waals surface area contributed by atoms with E-state index in [1.165, 1.54) is 38.5 Å². The van der Waals surface area contributed by atoms with Gasteiger partial charge >= 0.3 is 5.97 Å². The van der Waals surface area contributed by atoms with Gasteiger partial charge < -0.3 is 14.4 Å². The Morgan fingerprint density at radius 3 is 1.93 bits per heavy atom. The minimum atomic E-state index is -0.455. The predicted octanol–water partition coefficient (Wildman–Crippen LogP) is 4.74. The number of ether oxygens (including phenoxy) is 2. The third kappa shape index (κ3) is 5.49. The first-order valence-electron chi connectivity index (χ1n) is 10.9. The first-order chi connectivity index (χ1) is 13.7. The second kappa shape index (κ2) is 10.5. The zero-order valence-electron chi connectivity index (χ0n) is 17.0. The Morgan fingerprint density at radius 2 is 1.43 bits per heavy atom. The Bertz CT molecular complexity index is 613. The van der Waals surface area contributed by atoms with Crippen molar-refractivity contribution in [3.63, 3.8) is 0 Å². The molecule has 1 amide bonds. The van der Waals surface area contributed by atoms with E-state index in [0.717, 1.165) is 31.4 Å². The van der Waals surface area contributed by atoms with Crippen molar-refractivity contribution < 1.29 is 19.1 Å². The summed E-state index contributed by atoms with van der Waals surface area (Å²) in [6.45, 7) is 2.33. The molecular formula is C23H33NO4. The van der Waals surface area contributed by atoms with Gasteiger partial charge in [0.15, 0.2) is 6.61 Å². The summed E-state index contributed by atoms with van der Waals surface area (Å²) in [5.74, 6) is 0.234. The lowest BCUT2D eigenvalue weighted by Crippen LogP contribution is -2.50. The Morgan fingerprint density at radius 1 is 0.893 bits per heavy atom. The monoisotopic (exact) mass is 387 g/mol. The molecule has 2 fully saturated rings. The molecule has 0 atom stereocenters. The van der Waals surface area contributed by atoms with Crippen LogP contribution < -0.4 is 4.74 Å². The van der Waals surface area contributed by atoms with Gasteiger partial charge in [-0.3, -0.25) is 4.79 Å². The average molecular weight is 388 g/mol. The Kier molecular flexibility index (Phi) is 7.75. The van der Waals surface area contributed by atoms with Gasteiger partial charge in [0.1, 0.15) is 5.75 Å². The standard InChI is InChI=1S/C23H33NO4/c1-2-27-21-15-13-18(14-16-21)23(26)28-17-22(25)24(19-9-5-3-6-10-19)20-11-7-4-8-12-20/h13-16,19-20H,2-12,17H2,1H3. The van der Waals surface area contributed by atoms with Gasteiger partial charge in [0.25, 0.3) is 5.91 Å². The van der Waals surface area contributed by atoms with Gasteiger partial charge in [-0.1, -0.05) is 38.5 Å². The summed E-state index contributed by atoms with van der Waals surface area (Å²) >= 11 is 0. The lowest BCUT2D eigenvalue weighted by atomic mass is 9.88. The topological polar surface area (TPSA) is 55.8 Å². The SMILES string of the molecule is CCOc1ccc(C(=O)OCC(=O)N(C2CCCCC2)C2CCCCC2)cc1. The molecule has 5 nitrogen and oxygen atoms in total. The number of esters is 1. The van der Waals surface area contributed by atoms with Crippen LogP contribution in [0.4, 0.5) is 0 Å². The number of hydrogen-bond donors (Lipinski definition) is 0. The molecule has 0 bridgehead atoms. The summed E-state index contributed by atoms with van der Waals surface area (Å²) < 4.78 is 10.8. The third-order valence-corrected chi connectivity index (χ3v) is 5.95. The van der Waals surface area contributed by atoms with E-state index in [2.05, 4.69) is 4.90 Å². The average Bonchev–Trinajstić information content (AvgIpc) is 2.74. The molecule has 5 heteroatoms. The van der Waals surface area contributed by atoms with Gasteiger partial charge in [-0.25, -0.2) is 4.79 Å². The highest BCUT2D eigenvalue weighted by atomic mass is 16.5. The normalized spacial score (nSPS) is 18.5. The van der Waals surface area contributed by atoms with E-state index in [4.69, 9.17) is 9.47 Å². The van der Waals surface area contributed by atoms with Crippen LogP contribution in [0.5, 0.6) is 5.75 Å². The highest BCUT2D eigenvalue weighted by molar-refractivity contribution is 5.91. The number of rotatable bonds is 7. The van der Waals surface area contributed by atoms with Crippen molar-refractivity contribution in [2.75, 3.05) is 13.2 Å². The minimum absolute atomic E-state index is 0.0295. The molecule has 0 spiro atoms. The highest BCUT2D eigenvalue weighted by Gasteiger charge is 2.32. The third-order valence-electron chi connectivity index (χ3n) is 5.95. The van der Waals surface area contributed by atoms with Crippen LogP contribution in [0.25, 0.3) is 0 Å². The molecular weight excluding hydrogens is 354 g/mol. The van der Waals surface area contributed by atoms with Crippen molar-refractivity contribution in [1.82, 2.24) is 4.90 Å². The number of amides is 1.